The van der Waals surface area contributed by atoms with Crippen molar-refractivity contribution in [1.29, 1.82) is 0 Å². The zero-order valence-corrected chi connectivity index (χ0v) is 10.6. The Morgan fingerprint density at radius 3 is 2.93 bits per heavy atom. The number of benzene rings is 1. The minimum atomic E-state index is -0.0962. The summed E-state index contributed by atoms with van der Waals surface area (Å²) in [6.07, 6.45) is 2.64. The molecule has 0 aliphatic rings. The highest BCUT2D eigenvalue weighted by molar-refractivity contribution is 6.31. The van der Waals surface area contributed by atoms with Crippen molar-refractivity contribution >= 4 is 21.4 Å². The molecular weight excluding hydrogens is 204 g/mol. The first-order chi connectivity index (χ1) is 7.22. The van der Waals surface area contributed by atoms with Crippen molar-refractivity contribution in [3.63, 3.8) is 0 Å². The molecule has 0 amide bonds. The molecule has 1 aromatic carbocycles. The standard InChI is InChI=1S/C11H16N2OSi/c1-13(2)15-7-6-10-4-3-5-11(8-10)12-9-14/h3-5,8H,6-7,15H2,1-2H3. The van der Waals surface area contributed by atoms with Crippen molar-refractivity contribution in [2.75, 3.05) is 14.1 Å². The van der Waals surface area contributed by atoms with Gasteiger partial charge in [-0.25, -0.2) is 4.79 Å². The average molecular weight is 220 g/mol. The molecule has 0 unspecified atom stereocenters. The summed E-state index contributed by atoms with van der Waals surface area (Å²) in [5.74, 6) is 0. The van der Waals surface area contributed by atoms with Crippen LogP contribution in [0.4, 0.5) is 5.69 Å². The third-order valence-electron chi connectivity index (χ3n) is 2.16. The molecule has 0 saturated heterocycles. The van der Waals surface area contributed by atoms with Crippen molar-refractivity contribution in [1.82, 2.24) is 4.57 Å². The molecule has 80 valence electrons. The topological polar surface area (TPSA) is 32.7 Å². The van der Waals surface area contributed by atoms with Crippen molar-refractivity contribution in [2.24, 2.45) is 4.99 Å². The maximum Gasteiger partial charge on any atom is 0.240 e. The zero-order chi connectivity index (χ0) is 11.1. The fourth-order valence-electron chi connectivity index (χ4n) is 1.43. The lowest BCUT2D eigenvalue weighted by atomic mass is 10.1. The SMILES string of the molecule is CN(C)[SiH2]CCc1cccc(N=C=O)c1. The molecule has 0 aromatic heterocycles. The summed E-state index contributed by atoms with van der Waals surface area (Å²) in [5, 5.41) is 0. The van der Waals surface area contributed by atoms with Crippen molar-refractivity contribution in [2.45, 2.75) is 12.5 Å². The van der Waals surface area contributed by atoms with Gasteiger partial charge in [0.15, 0.2) is 0 Å². The van der Waals surface area contributed by atoms with Gasteiger partial charge in [-0.1, -0.05) is 12.1 Å². The van der Waals surface area contributed by atoms with Gasteiger partial charge >= 0.3 is 0 Å². The van der Waals surface area contributed by atoms with Gasteiger partial charge < -0.3 is 4.57 Å². The van der Waals surface area contributed by atoms with Crippen LogP contribution in [0.1, 0.15) is 5.56 Å². The average Bonchev–Trinajstić information content (AvgIpc) is 2.18. The Balaban J connectivity index is 2.54. The van der Waals surface area contributed by atoms with Gasteiger partial charge in [-0.2, -0.15) is 4.99 Å². The third-order valence-corrected chi connectivity index (χ3v) is 3.72. The lowest BCUT2D eigenvalue weighted by Gasteiger charge is -2.08. The maximum absolute atomic E-state index is 10.1. The van der Waals surface area contributed by atoms with Crippen LogP contribution in [-0.2, 0) is 11.2 Å². The van der Waals surface area contributed by atoms with E-state index in [-0.39, 0.29) is 9.68 Å². The van der Waals surface area contributed by atoms with E-state index in [1.54, 1.807) is 6.08 Å². The van der Waals surface area contributed by atoms with Gasteiger partial charge in [-0.3, -0.25) is 0 Å². The van der Waals surface area contributed by atoms with E-state index in [0.29, 0.717) is 5.69 Å². The van der Waals surface area contributed by atoms with Crippen LogP contribution in [0, 0.1) is 0 Å². The smallest absolute Gasteiger partial charge is 0.240 e. The number of rotatable bonds is 5. The molecule has 0 bridgehead atoms. The Morgan fingerprint density at radius 1 is 1.47 bits per heavy atom. The van der Waals surface area contributed by atoms with Crippen LogP contribution in [-0.4, -0.2) is 34.4 Å². The van der Waals surface area contributed by atoms with Crippen LogP contribution in [0.15, 0.2) is 29.3 Å². The van der Waals surface area contributed by atoms with E-state index < -0.39 is 0 Å². The number of nitrogens with zero attached hydrogens (tertiary/aromatic N) is 2. The highest BCUT2D eigenvalue weighted by Gasteiger charge is 1.97. The van der Waals surface area contributed by atoms with Gasteiger partial charge in [0, 0.05) is 0 Å². The molecule has 0 radical (unpaired) electrons. The third kappa shape index (κ3) is 4.70. The zero-order valence-electron chi connectivity index (χ0n) is 9.23. The van der Waals surface area contributed by atoms with Crippen LogP contribution >= 0.6 is 0 Å². The predicted molar refractivity (Wildman–Crippen MR) is 65.0 cm³/mol. The van der Waals surface area contributed by atoms with E-state index in [2.05, 4.69) is 29.7 Å². The summed E-state index contributed by atoms with van der Waals surface area (Å²) < 4.78 is 2.30. The van der Waals surface area contributed by atoms with Crippen LogP contribution < -0.4 is 0 Å². The second-order valence-corrected chi connectivity index (χ2v) is 6.20. The molecule has 0 spiro atoms. The van der Waals surface area contributed by atoms with E-state index in [9.17, 15) is 4.79 Å². The largest absolute Gasteiger partial charge is 0.334 e. The first kappa shape index (κ1) is 11.8. The minimum Gasteiger partial charge on any atom is -0.334 e. The lowest BCUT2D eigenvalue weighted by Crippen LogP contribution is -2.17. The molecule has 1 rings (SSSR count). The monoisotopic (exact) mass is 220 g/mol. The van der Waals surface area contributed by atoms with Gasteiger partial charge in [0.1, 0.15) is 0 Å². The van der Waals surface area contributed by atoms with Crippen molar-refractivity contribution in [3.8, 4) is 0 Å². The Bertz CT molecular complexity index is 359. The number of aliphatic imine (C=N–C) groups is 1. The molecule has 0 atom stereocenters. The second kappa shape index (κ2) is 6.30. The molecule has 3 nitrogen and oxygen atoms in total. The highest BCUT2D eigenvalue weighted by Crippen LogP contribution is 2.14. The Morgan fingerprint density at radius 2 is 2.27 bits per heavy atom. The van der Waals surface area contributed by atoms with E-state index in [1.165, 1.54) is 11.6 Å². The first-order valence-corrected chi connectivity index (χ1v) is 6.67. The number of isocyanates is 1. The van der Waals surface area contributed by atoms with Crippen LogP contribution in [0.2, 0.25) is 6.04 Å². The summed E-state index contributed by atoms with van der Waals surface area (Å²) in [7, 11) is 4.15. The van der Waals surface area contributed by atoms with E-state index in [1.807, 2.05) is 18.2 Å². The van der Waals surface area contributed by atoms with Gasteiger partial charge in [0.2, 0.25) is 6.08 Å². The highest BCUT2D eigenvalue weighted by atomic mass is 28.2. The van der Waals surface area contributed by atoms with Crippen LogP contribution in [0.25, 0.3) is 0 Å². The molecule has 0 fully saturated rings. The van der Waals surface area contributed by atoms with Crippen LogP contribution in [0.5, 0.6) is 0 Å². The summed E-state index contributed by atoms with van der Waals surface area (Å²) in [4.78, 5) is 13.7. The molecular formula is C11H16N2OSi. The lowest BCUT2D eigenvalue weighted by molar-refractivity contribution is 0.565. The molecule has 1 aromatic rings. The first-order valence-electron chi connectivity index (χ1n) is 5.04. The van der Waals surface area contributed by atoms with Crippen molar-refractivity contribution in [3.05, 3.63) is 29.8 Å². The van der Waals surface area contributed by atoms with Crippen LogP contribution in [0.3, 0.4) is 0 Å². The number of hydrogen-bond donors (Lipinski definition) is 0. The van der Waals surface area contributed by atoms with E-state index in [4.69, 9.17) is 0 Å². The van der Waals surface area contributed by atoms with Crippen molar-refractivity contribution < 1.29 is 4.79 Å². The molecule has 0 saturated carbocycles. The second-order valence-electron chi connectivity index (χ2n) is 3.78. The number of hydrogen-bond acceptors (Lipinski definition) is 3. The van der Waals surface area contributed by atoms with E-state index >= 15 is 0 Å². The predicted octanol–water partition coefficient (Wildman–Crippen LogP) is 1.26. The summed E-state index contributed by atoms with van der Waals surface area (Å²) >= 11 is 0. The number of carbonyl (C=O) groups excluding carboxylic acids is 1. The Hall–Kier alpha value is -1.22. The Labute approximate surface area is 92.7 Å². The molecule has 0 N–H and O–H groups in total. The summed E-state index contributed by atoms with van der Waals surface area (Å²) in [6, 6.07) is 9.03. The quantitative estimate of drug-likeness (QED) is 0.425. The Kier molecular flexibility index (Phi) is 4.97. The molecule has 4 heteroatoms. The summed E-state index contributed by atoms with van der Waals surface area (Å²) in [6.45, 7) is 0. The van der Waals surface area contributed by atoms with Gasteiger partial charge in [-0.05, 0) is 44.3 Å². The fourth-order valence-corrected chi connectivity index (χ4v) is 2.63. The molecule has 15 heavy (non-hydrogen) atoms. The molecule has 0 aliphatic heterocycles. The van der Waals surface area contributed by atoms with Gasteiger partial charge in [0.05, 0.1) is 15.4 Å². The number of aryl methyl sites for hydroxylation is 1. The molecule has 0 heterocycles. The maximum atomic E-state index is 10.1. The molecule has 0 aliphatic carbocycles. The van der Waals surface area contributed by atoms with E-state index in [0.717, 1.165) is 6.42 Å². The summed E-state index contributed by atoms with van der Waals surface area (Å²) in [5.41, 5.74) is 1.95. The minimum absolute atomic E-state index is 0.0962. The normalized spacial score (nSPS) is 10.9. The fraction of sp³-hybridized carbons (Fsp3) is 0.364. The van der Waals surface area contributed by atoms with Gasteiger partial charge in [0.25, 0.3) is 0 Å². The van der Waals surface area contributed by atoms with Gasteiger partial charge in [-0.15, -0.1) is 0 Å².